The summed E-state index contributed by atoms with van der Waals surface area (Å²) in [5.41, 5.74) is 2.10. The quantitative estimate of drug-likeness (QED) is 0.434. The molecule has 0 aliphatic carbocycles. The first-order valence-electron chi connectivity index (χ1n) is 8.46. The number of hydrogen-bond acceptors (Lipinski definition) is 4. The Morgan fingerprint density at radius 3 is 2.83 bits per heavy atom. The van der Waals surface area contributed by atoms with E-state index in [0.717, 1.165) is 56.7 Å². The van der Waals surface area contributed by atoms with Crippen LogP contribution in [0.4, 0.5) is 0 Å². The molecule has 1 aromatic heterocycles. The molecule has 0 radical (unpaired) electrons. The Bertz CT molecular complexity index is 548. The topological polar surface area (TPSA) is 53.0 Å². The van der Waals surface area contributed by atoms with E-state index >= 15 is 0 Å². The Morgan fingerprint density at radius 2 is 2.12 bits per heavy atom. The molecule has 0 saturated carbocycles. The van der Waals surface area contributed by atoms with Gasteiger partial charge in [-0.2, -0.15) is 0 Å². The largest absolute Gasteiger partial charge is 0.379 e. The third-order valence-corrected chi connectivity index (χ3v) is 4.61. The SMILES string of the molecule is CN=C(NCc1cccc(C)n1)N1CCC(N2CCOCC2)C1.I. The zero-order chi connectivity index (χ0) is 16.1. The van der Waals surface area contributed by atoms with E-state index in [1.165, 1.54) is 6.42 Å². The van der Waals surface area contributed by atoms with Gasteiger partial charge in [-0.05, 0) is 25.5 Å². The summed E-state index contributed by atoms with van der Waals surface area (Å²) < 4.78 is 5.45. The molecule has 7 heteroatoms. The minimum atomic E-state index is 0. The molecule has 134 valence electrons. The highest BCUT2D eigenvalue weighted by Crippen LogP contribution is 2.17. The first-order valence-corrected chi connectivity index (χ1v) is 8.46. The predicted octanol–water partition coefficient (Wildman–Crippen LogP) is 1.49. The van der Waals surface area contributed by atoms with Gasteiger partial charge in [0.1, 0.15) is 0 Å². The van der Waals surface area contributed by atoms with Crippen LogP contribution in [0.15, 0.2) is 23.2 Å². The van der Waals surface area contributed by atoms with Crippen LogP contribution in [0, 0.1) is 6.92 Å². The van der Waals surface area contributed by atoms with Gasteiger partial charge < -0.3 is 15.0 Å². The number of ether oxygens (including phenoxy) is 1. The average molecular weight is 445 g/mol. The van der Waals surface area contributed by atoms with Crippen molar-refractivity contribution < 1.29 is 4.74 Å². The van der Waals surface area contributed by atoms with Crippen LogP contribution < -0.4 is 5.32 Å². The third-order valence-electron chi connectivity index (χ3n) is 4.61. The van der Waals surface area contributed by atoms with Crippen molar-refractivity contribution in [2.24, 2.45) is 4.99 Å². The van der Waals surface area contributed by atoms with Gasteiger partial charge in [-0.1, -0.05) is 6.07 Å². The second kappa shape index (κ2) is 9.53. The lowest BCUT2D eigenvalue weighted by atomic mass is 10.2. The molecule has 24 heavy (non-hydrogen) atoms. The van der Waals surface area contributed by atoms with E-state index in [9.17, 15) is 0 Å². The second-order valence-electron chi connectivity index (χ2n) is 6.21. The van der Waals surface area contributed by atoms with Crippen LogP contribution in [0.5, 0.6) is 0 Å². The lowest BCUT2D eigenvalue weighted by molar-refractivity contribution is 0.0195. The van der Waals surface area contributed by atoms with Gasteiger partial charge in [0.25, 0.3) is 0 Å². The molecule has 1 atom stereocenters. The van der Waals surface area contributed by atoms with Crippen molar-refractivity contribution in [1.82, 2.24) is 20.1 Å². The number of rotatable bonds is 3. The number of aryl methyl sites for hydroxylation is 1. The smallest absolute Gasteiger partial charge is 0.194 e. The number of guanidine groups is 1. The Hall–Kier alpha value is -0.930. The maximum absolute atomic E-state index is 5.45. The monoisotopic (exact) mass is 445 g/mol. The van der Waals surface area contributed by atoms with Crippen molar-refractivity contribution in [3.05, 3.63) is 29.6 Å². The maximum Gasteiger partial charge on any atom is 0.194 e. The molecule has 0 bridgehead atoms. The fraction of sp³-hybridized carbons (Fsp3) is 0.647. The summed E-state index contributed by atoms with van der Waals surface area (Å²) >= 11 is 0. The zero-order valence-electron chi connectivity index (χ0n) is 14.6. The highest BCUT2D eigenvalue weighted by molar-refractivity contribution is 14.0. The summed E-state index contributed by atoms with van der Waals surface area (Å²) in [5.74, 6) is 0.976. The van der Waals surface area contributed by atoms with Crippen LogP contribution in [0.2, 0.25) is 0 Å². The number of nitrogens with zero attached hydrogens (tertiary/aromatic N) is 4. The molecule has 1 N–H and O–H groups in total. The molecule has 1 aromatic rings. The first kappa shape index (κ1) is 19.4. The van der Waals surface area contributed by atoms with E-state index < -0.39 is 0 Å². The fourth-order valence-corrected chi connectivity index (χ4v) is 3.37. The molecule has 2 saturated heterocycles. The van der Waals surface area contributed by atoms with Crippen LogP contribution in [-0.2, 0) is 11.3 Å². The lowest BCUT2D eigenvalue weighted by Crippen LogP contribution is -2.46. The van der Waals surface area contributed by atoms with Gasteiger partial charge in [-0.25, -0.2) is 0 Å². The van der Waals surface area contributed by atoms with Crippen molar-refractivity contribution >= 4 is 29.9 Å². The van der Waals surface area contributed by atoms with Crippen LogP contribution in [-0.4, -0.2) is 73.2 Å². The van der Waals surface area contributed by atoms with Crippen molar-refractivity contribution in [2.75, 3.05) is 46.4 Å². The Morgan fingerprint density at radius 1 is 1.33 bits per heavy atom. The van der Waals surface area contributed by atoms with E-state index in [4.69, 9.17) is 4.74 Å². The normalized spacial score (nSPS) is 22.3. The van der Waals surface area contributed by atoms with E-state index in [1.54, 1.807) is 0 Å². The number of morpholine rings is 1. The minimum absolute atomic E-state index is 0. The molecule has 0 amide bonds. The molecule has 2 fully saturated rings. The van der Waals surface area contributed by atoms with E-state index in [0.29, 0.717) is 12.6 Å². The van der Waals surface area contributed by atoms with Gasteiger partial charge in [-0.15, -0.1) is 24.0 Å². The number of likely N-dealkylation sites (tertiary alicyclic amines) is 1. The summed E-state index contributed by atoms with van der Waals surface area (Å²) in [6, 6.07) is 6.74. The summed E-state index contributed by atoms with van der Waals surface area (Å²) in [5, 5.41) is 3.45. The number of nitrogens with one attached hydrogen (secondary N) is 1. The highest BCUT2D eigenvalue weighted by atomic mass is 127. The van der Waals surface area contributed by atoms with E-state index in [1.807, 2.05) is 32.2 Å². The number of hydrogen-bond donors (Lipinski definition) is 1. The second-order valence-corrected chi connectivity index (χ2v) is 6.21. The van der Waals surface area contributed by atoms with Gasteiger partial charge in [0.2, 0.25) is 0 Å². The first-order chi connectivity index (χ1) is 11.3. The van der Waals surface area contributed by atoms with Crippen LogP contribution in [0.1, 0.15) is 17.8 Å². The number of aromatic nitrogens is 1. The molecule has 3 rings (SSSR count). The molecule has 3 heterocycles. The van der Waals surface area contributed by atoms with Crippen LogP contribution >= 0.6 is 24.0 Å². The van der Waals surface area contributed by atoms with Crippen molar-refractivity contribution in [3.8, 4) is 0 Å². The molecular formula is C17H28IN5O. The molecule has 2 aliphatic heterocycles. The minimum Gasteiger partial charge on any atom is -0.379 e. The highest BCUT2D eigenvalue weighted by Gasteiger charge is 2.30. The maximum atomic E-state index is 5.45. The molecule has 0 spiro atoms. The predicted molar refractivity (Wildman–Crippen MR) is 107 cm³/mol. The summed E-state index contributed by atoms with van der Waals surface area (Å²) in [4.78, 5) is 13.9. The van der Waals surface area contributed by atoms with Gasteiger partial charge in [-0.3, -0.25) is 14.9 Å². The van der Waals surface area contributed by atoms with Gasteiger partial charge >= 0.3 is 0 Å². The van der Waals surface area contributed by atoms with E-state index in [2.05, 4.69) is 25.1 Å². The zero-order valence-corrected chi connectivity index (χ0v) is 16.9. The number of halogens is 1. The third kappa shape index (κ3) is 5.03. The summed E-state index contributed by atoms with van der Waals surface area (Å²) in [6.45, 7) is 8.67. The van der Waals surface area contributed by atoms with Gasteiger partial charge in [0, 0.05) is 45.0 Å². The Balaban J connectivity index is 0.00000208. The van der Waals surface area contributed by atoms with Crippen molar-refractivity contribution in [2.45, 2.75) is 25.9 Å². The molecule has 0 aromatic carbocycles. The van der Waals surface area contributed by atoms with Crippen LogP contribution in [0.3, 0.4) is 0 Å². The Labute approximate surface area is 161 Å². The van der Waals surface area contributed by atoms with Crippen molar-refractivity contribution in [1.29, 1.82) is 0 Å². The summed E-state index contributed by atoms with van der Waals surface area (Å²) in [7, 11) is 1.86. The van der Waals surface area contributed by atoms with E-state index in [-0.39, 0.29) is 24.0 Å². The summed E-state index contributed by atoms with van der Waals surface area (Å²) in [6.07, 6.45) is 1.20. The van der Waals surface area contributed by atoms with Gasteiger partial charge in [0.15, 0.2) is 5.96 Å². The fourth-order valence-electron chi connectivity index (χ4n) is 3.37. The average Bonchev–Trinajstić information content (AvgIpc) is 3.06. The standard InChI is InChI=1S/C17H27N5O.HI/c1-14-4-3-5-15(20-14)12-19-17(18-2)22-7-6-16(13-22)21-8-10-23-11-9-21;/h3-5,16H,6-13H2,1-2H3,(H,18,19);1H. The molecule has 2 aliphatic rings. The van der Waals surface area contributed by atoms with Gasteiger partial charge in [0.05, 0.1) is 25.5 Å². The molecule has 6 nitrogen and oxygen atoms in total. The Kier molecular flexibility index (Phi) is 7.70. The lowest BCUT2D eigenvalue weighted by Gasteiger charge is -2.32. The van der Waals surface area contributed by atoms with Crippen molar-refractivity contribution in [3.63, 3.8) is 0 Å². The van der Waals surface area contributed by atoms with Crippen LogP contribution in [0.25, 0.3) is 0 Å². The number of pyridine rings is 1. The number of aliphatic imine (C=N–C) groups is 1. The molecule has 1 unspecified atom stereocenters. The molecular weight excluding hydrogens is 417 g/mol.